The zero-order valence-electron chi connectivity index (χ0n) is 19.9. The fourth-order valence-electron chi connectivity index (χ4n) is 7.48. The van der Waals surface area contributed by atoms with Gasteiger partial charge in [-0.05, 0) is 74.0 Å². The summed E-state index contributed by atoms with van der Waals surface area (Å²) in [4.78, 5) is 0. The van der Waals surface area contributed by atoms with Crippen molar-refractivity contribution >= 4 is 11.0 Å². The van der Waals surface area contributed by atoms with Gasteiger partial charge >= 0.3 is 0 Å². The molecule has 1 N–H and O–H groups in total. The molecular weight excluding hydrogens is 428 g/mol. The van der Waals surface area contributed by atoms with E-state index in [1.54, 1.807) is 7.11 Å². The molecule has 0 saturated heterocycles. The monoisotopic (exact) mass is 462 g/mol. The molecule has 1 aromatic heterocycles. The highest BCUT2D eigenvalue weighted by atomic mass is 16.7. The average Bonchev–Trinajstić information content (AvgIpc) is 3.24. The van der Waals surface area contributed by atoms with E-state index in [-0.39, 0.29) is 12.2 Å². The summed E-state index contributed by atoms with van der Waals surface area (Å²) < 4.78 is 23.3. The van der Waals surface area contributed by atoms with Gasteiger partial charge in [0, 0.05) is 18.1 Å². The van der Waals surface area contributed by atoms with Crippen LogP contribution in [0.15, 0.2) is 52.9 Å². The first-order valence-electron chi connectivity index (χ1n) is 12.7. The van der Waals surface area contributed by atoms with E-state index in [0.29, 0.717) is 19.0 Å². The summed E-state index contributed by atoms with van der Waals surface area (Å²) in [5.41, 5.74) is 2.87. The largest absolute Gasteiger partial charge is 0.467 e. The average molecular weight is 463 g/mol. The van der Waals surface area contributed by atoms with Gasteiger partial charge in [-0.15, -0.1) is 0 Å². The molecule has 4 aliphatic carbocycles. The van der Waals surface area contributed by atoms with Gasteiger partial charge in [0.1, 0.15) is 23.2 Å². The van der Waals surface area contributed by atoms with Crippen molar-refractivity contribution in [2.45, 2.75) is 50.0 Å². The van der Waals surface area contributed by atoms with Gasteiger partial charge in [0.25, 0.3) is 0 Å². The topological polar surface area (TPSA) is 61.1 Å². The van der Waals surface area contributed by atoms with Gasteiger partial charge in [-0.1, -0.05) is 36.4 Å². The molecule has 34 heavy (non-hydrogen) atoms. The molecule has 2 aromatic carbocycles. The normalized spacial score (nSPS) is 28.5. The SMILES string of the molecule is COCCOCOc1cccc2oc(C(O)c3ccccc3)c(C34CC5CC(CC(C5)C3)C4)c12. The Kier molecular flexibility index (Phi) is 5.88. The highest BCUT2D eigenvalue weighted by Crippen LogP contribution is 2.63. The van der Waals surface area contributed by atoms with Crippen LogP contribution in [0.5, 0.6) is 5.75 Å². The zero-order valence-corrected chi connectivity index (χ0v) is 19.9. The summed E-state index contributed by atoms with van der Waals surface area (Å²) >= 11 is 0. The lowest BCUT2D eigenvalue weighted by atomic mass is 9.47. The molecule has 4 aliphatic rings. The Hall–Kier alpha value is -2.34. The number of rotatable bonds is 9. The summed E-state index contributed by atoms with van der Waals surface area (Å²) in [5.74, 6) is 3.81. The maximum absolute atomic E-state index is 11.6. The van der Waals surface area contributed by atoms with Gasteiger partial charge in [0.2, 0.25) is 0 Å². The van der Waals surface area contributed by atoms with Crippen molar-refractivity contribution in [1.82, 2.24) is 0 Å². The number of furan rings is 1. The third kappa shape index (κ3) is 3.84. The highest BCUT2D eigenvalue weighted by molar-refractivity contribution is 5.90. The summed E-state index contributed by atoms with van der Waals surface area (Å²) in [6, 6.07) is 15.8. The van der Waals surface area contributed by atoms with Crippen LogP contribution in [0.3, 0.4) is 0 Å². The first-order valence-corrected chi connectivity index (χ1v) is 12.7. The number of methoxy groups -OCH3 is 1. The van der Waals surface area contributed by atoms with Crippen LogP contribution in [0.1, 0.15) is 61.5 Å². The molecule has 3 aromatic rings. The Labute approximate surface area is 201 Å². The van der Waals surface area contributed by atoms with Crippen LogP contribution in [0.25, 0.3) is 11.0 Å². The molecule has 4 bridgehead atoms. The summed E-state index contributed by atoms with van der Waals surface area (Å²) in [5, 5.41) is 12.6. The maximum atomic E-state index is 11.6. The van der Waals surface area contributed by atoms with Crippen LogP contribution < -0.4 is 4.74 Å². The number of hydrogen-bond donors (Lipinski definition) is 1. The number of aliphatic hydroxyl groups is 1. The smallest absolute Gasteiger partial charge is 0.189 e. The zero-order chi connectivity index (χ0) is 23.1. The third-order valence-corrected chi connectivity index (χ3v) is 8.37. The summed E-state index contributed by atoms with van der Waals surface area (Å²) in [6.45, 7) is 1.17. The summed E-state index contributed by atoms with van der Waals surface area (Å²) in [7, 11) is 1.66. The number of fused-ring (bicyclic) bond motifs is 1. The van der Waals surface area contributed by atoms with Gasteiger partial charge in [0.15, 0.2) is 6.79 Å². The Balaban J connectivity index is 1.46. The minimum atomic E-state index is -0.803. The van der Waals surface area contributed by atoms with Crippen LogP contribution in [0.4, 0.5) is 0 Å². The third-order valence-electron chi connectivity index (χ3n) is 8.37. The fraction of sp³-hybridized carbons (Fsp3) is 0.517. The molecule has 0 radical (unpaired) electrons. The van der Waals surface area contributed by atoms with E-state index in [0.717, 1.165) is 40.0 Å². The molecule has 1 heterocycles. The molecule has 7 rings (SSSR count). The second-order valence-electron chi connectivity index (χ2n) is 10.6. The Morgan fingerprint density at radius 3 is 2.32 bits per heavy atom. The number of hydrogen-bond acceptors (Lipinski definition) is 5. The van der Waals surface area contributed by atoms with E-state index in [4.69, 9.17) is 18.6 Å². The standard InChI is InChI=1S/C29H34O5/c1-31-10-11-32-18-33-23-8-5-9-24-25(23)26(28(34-24)27(30)22-6-3-2-4-7-22)29-15-19-12-20(16-29)14-21(13-19)17-29/h2-9,19-21,27,30H,10-18H2,1H3. The Morgan fingerprint density at radius 1 is 0.941 bits per heavy atom. The van der Waals surface area contributed by atoms with Crippen molar-refractivity contribution in [3.05, 3.63) is 65.4 Å². The van der Waals surface area contributed by atoms with Crippen molar-refractivity contribution in [2.75, 3.05) is 27.1 Å². The first kappa shape index (κ1) is 22.1. The first-order chi connectivity index (χ1) is 16.7. The van der Waals surface area contributed by atoms with E-state index in [2.05, 4.69) is 0 Å². The molecular formula is C29H34O5. The van der Waals surface area contributed by atoms with Gasteiger partial charge in [0.05, 0.1) is 18.6 Å². The van der Waals surface area contributed by atoms with Crippen LogP contribution in [-0.2, 0) is 14.9 Å². The second kappa shape index (κ2) is 9.03. The summed E-state index contributed by atoms with van der Waals surface area (Å²) in [6.07, 6.45) is 6.83. The van der Waals surface area contributed by atoms with E-state index in [1.807, 2.05) is 48.5 Å². The van der Waals surface area contributed by atoms with E-state index < -0.39 is 6.10 Å². The highest BCUT2D eigenvalue weighted by Gasteiger charge is 2.54. The van der Waals surface area contributed by atoms with Crippen LogP contribution in [-0.4, -0.2) is 32.2 Å². The minimum absolute atomic E-state index is 0.0431. The molecule has 0 spiro atoms. The lowest BCUT2D eigenvalue weighted by Gasteiger charge is -2.57. The molecule has 4 saturated carbocycles. The molecule has 5 heteroatoms. The quantitative estimate of drug-likeness (QED) is 0.313. The van der Waals surface area contributed by atoms with Crippen LogP contribution in [0.2, 0.25) is 0 Å². The van der Waals surface area contributed by atoms with E-state index in [1.165, 1.54) is 44.1 Å². The molecule has 1 unspecified atom stereocenters. The lowest BCUT2D eigenvalue weighted by Crippen LogP contribution is -2.48. The number of ether oxygens (including phenoxy) is 3. The van der Waals surface area contributed by atoms with Gasteiger partial charge < -0.3 is 23.7 Å². The van der Waals surface area contributed by atoms with Crippen LogP contribution >= 0.6 is 0 Å². The fourth-order valence-corrected chi connectivity index (χ4v) is 7.48. The van der Waals surface area contributed by atoms with E-state index in [9.17, 15) is 5.11 Å². The van der Waals surface area contributed by atoms with Crippen molar-refractivity contribution in [3.63, 3.8) is 0 Å². The molecule has 0 amide bonds. The molecule has 180 valence electrons. The van der Waals surface area contributed by atoms with Gasteiger partial charge in [-0.3, -0.25) is 0 Å². The van der Waals surface area contributed by atoms with Crippen molar-refractivity contribution in [2.24, 2.45) is 17.8 Å². The van der Waals surface area contributed by atoms with Crippen molar-refractivity contribution in [1.29, 1.82) is 0 Å². The predicted molar refractivity (Wildman–Crippen MR) is 130 cm³/mol. The van der Waals surface area contributed by atoms with Crippen molar-refractivity contribution in [3.8, 4) is 5.75 Å². The van der Waals surface area contributed by atoms with Crippen molar-refractivity contribution < 1.29 is 23.7 Å². The Bertz CT molecular complexity index is 1100. The number of aliphatic hydroxyl groups excluding tert-OH is 1. The molecule has 5 nitrogen and oxygen atoms in total. The second-order valence-corrected chi connectivity index (χ2v) is 10.6. The van der Waals surface area contributed by atoms with Gasteiger partial charge in [-0.2, -0.15) is 0 Å². The van der Waals surface area contributed by atoms with Crippen LogP contribution in [0, 0.1) is 17.8 Å². The predicted octanol–water partition coefficient (Wildman–Crippen LogP) is 5.98. The Morgan fingerprint density at radius 2 is 1.65 bits per heavy atom. The molecule has 4 fully saturated rings. The maximum Gasteiger partial charge on any atom is 0.189 e. The molecule has 1 atom stereocenters. The van der Waals surface area contributed by atoms with E-state index >= 15 is 0 Å². The molecule has 0 aliphatic heterocycles. The lowest BCUT2D eigenvalue weighted by molar-refractivity contribution is -0.00962. The van der Waals surface area contributed by atoms with Gasteiger partial charge in [-0.25, -0.2) is 0 Å². The number of benzene rings is 2. The minimum Gasteiger partial charge on any atom is -0.467 e.